The summed E-state index contributed by atoms with van der Waals surface area (Å²) in [6.45, 7) is 8.60. The van der Waals surface area contributed by atoms with Crippen LogP contribution in [-0.2, 0) is 9.47 Å². The molecule has 1 saturated carbocycles. The molecule has 1 amide bonds. The van der Waals surface area contributed by atoms with Gasteiger partial charge in [0.15, 0.2) is 5.96 Å². The smallest absolute Gasteiger partial charge is 0.407 e. The fourth-order valence-electron chi connectivity index (χ4n) is 3.25. The Bertz CT molecular complexity index is 441. The number of amides is 1. The molecule has 0 atom stereocenters. The van der Waals surface area contributed by atoms with Gasteiger partial charge in [-0.05, 0) is 51.9 Å². The lowest BCUT2D eigenvalue weighted by Gasteiger charge is -2.30. The Morgan fingerprint density at radius 3 is 2.35 bits per heavy atom. The van der Waals surface area contributed by atoms with E-state index in [1.807, 2.05) is 20.8 Å². The van der Waals surface area contributed by atoms with Crippen LogP contribution in [0.4, 0.5) is 4.79 Å². The summed E-state index contributed by atoms with van der Waals surface area (Å²) in [5, 5.41) is 9.53. The second kappa shape index (κ2) is 11.3. The Hall–Kier alpha value is -1.50. The monoisotopic (exact) mass is 370 g/mol. The number of nitrogens with one attached hydrogen (secondary N) is 3. The van der Waals surface area contributed by atoms with Crippen LogP contribution in [0.3, 0.4) is 0 Å². The highest BCUT2D eigenvalue weighted by molar-refractivity contribution is 5.79. The SMILES string of the molecule is CN=C(NCCCNC(=O)OC(C)(C)C)NCC1(CCOC)CCCC1. The van der Waals surface area contributed by atoms with E-state index in [4.69, 9.17) is 9.47 Å². The van der Waals surface area contributed by atoms with Crippen LogP contribution in [0, 0.1) is 5.41 Å². The van der Waals surface area contributed by atoms with Crippen LogP contribution in [0.25, 0.3) is 0 Å². The fraction of sp³-hybridized carbons (Fsp3) is 0.895. The summed E-state index contributed by atoms with van der Waals surface area (Å²) in [4.78, 5) is 15.9. The molecule has 1 aliphatic rings. The standard InChI is InChI=1S/C19H38N4O3/c1-18(2,3)26-17(24)22-13-8-12-21-16(20-4)23-15-19(11-14-25-5)9-6-7-10-19/h6-15H2,1-5H3,(H,22,24)(H2,20,21,23). The van der Waals surface area contributed by atoms with Crippen molar-refractivity contribution < 1.29 is 14.3 Å². The van der Waals surface area contributed by atoms with Crippen molar-refractivity contribution >= 4 is 12.1 Å². The fourth-order valence-corrected chi connectivity index (χ4v) is 3.25. The van der Waals surface area contributed by atoms with Gasteiger partial charge in [-0.15, -0.1) is 0 Å². The van der Waals surface area contributed by atoms with Gasteiger partial charge in [-0.3, -0.25) is 4.99 Å². The highest BCUT2D eigenvalue weighted by atomic mass is 16.6. The zero-order chi connectivity index (χ0) is 19.5. The third-order valence-corrected chi connectivity index (χ3v) is 4.67. The van der Waals surface area contributed by atoms with Crippen molar-refractivity contribution in [2.24, 2.45) is 10.4 Å². The van der Waals surface area contributed by atoms with Crippen LogP contribution in [0.1, 0.15) is 59.3 Å². The molecule has 1 fully saturated rings. The first kappa shape index (κ1) is 22.5. The van der Waals surface area contributed by atoms with Gasteiger partial charge < -0.3 is 25.4 Å². The van der Waals surface area contributed by atoms with Gasteiger partial charge in [-0.1, -0.05) is 12.8 Å². The van der Waals surface area contributed by atoms with E-state index in [2.05, 4.69) is 20.9 Å². The van der Waals surface area contributed by atoms with E-state index in [0.29, 0.717) is 12.0 Å². The molecule has 0 aromatic heterocycles. The number of rotatable bonds is 9. The molecule has 0 bridgehead atoms. The van der Waals surface area contributed by atoms with E-state index < -0.39 is 5.60 Å². The Labute approximate surface area is 158 Å². The molecule has 0 aromatic carbocycles. The van der Waals surface area contributed by atoms with E-state index in [-0.39, 0.29) is 6.09 Å². The molecule has 26 heavy (non-hydrogen) atoms. The van der Waals surface area contributed by atoms with Crippen molar-refractivity contribution in [1.29, 1.82) is 0 Å². The van der Waals surface area contributed by atoms with E-state index in [9.17, 15) is 4.79 Å². The maximum atomic E-state index is 11.6. The van der Waals surface area contributed by atoms with Gasteiger partial charge >= 0.3 is 6.09 Å². The number of methoxy groups -OCH3 is 1. The van der Waals surface area contributed by atoms with E-state index >= 15 is 0 Å². The molecule has 7 heteroatoms. The second-order valence-electron chi connectivity index (χ2n) is 8.08. The molecule has 0 saturated heterocycles. The zero-order valence-electron chi connectivity index (χ0n) is 17.2. The van der Waals surface area contributed by atoms with Crippen molar-refractivity contribution in [2.75, 3.05) is 40.4 Å². The van der Waals surface area contributed by atoms with E-state index in [1.165, 1.54) is 25.7 Å². The van der Waals surface area contributed by atoms with Crippen molar-refractivity contribution in [1.82, 2.24) is 16.0 Å². The molecule has 7 nitrogen and oxygen atoms in total. The quantitative estimate of drug-likeness (QED) is 0.330. The van der Waals surface area contributed by atoms with Crippen LogP contribution in [-0.4, -0.2) is 58.1 Å². The largest absolute Gasteiger partial charge is 0.444 e. The lowest BCUT2D eigenvalue weighted by atomic mass is 9.83. The molecule has 0 heterocycles. The minimum atomic E-state index is -0.465. The van der Waals surface area contributed by atoms with Crippen LogP contribution < -0.4 is 16.0 Å². The predicted octanol–water partition coefficient (Wildman–Crippen LogP) is 2.66. The van der Waals surface area contributed by atoms with Crippen molar-refractivity contribution in [3.8, 4) is 0 Å². The second-order valence-corrected chi connectivity index (χ2v) is 8.08. The highest BCUT2D eigenvalue weighted by Crippen LogP contribution is 2.40. The maximum absolute atomic E-state index is 11.6. The minimum absolute atomic E-state index is 0.325. The number of hydrogen-bond acceptors (Lipinski definition) is 4. The molecular formula is C19H38N4O3. The van der Waals surface area contributed by atoms with Crippen LogP contribution >= 0.6 is 0 Å². The van der Waals surface area contributed by atoms with Gasteiger partial charge in [0, 0.05) is 40.4 Å². The average Bonchev–Trinajstić information content (AvgIpc) is 3.03. The Kier molecular flexibility index (Phi) is 9.76. The minimum Gasteiger partial charge on any atom is -0.444 e. The first-order chi connectivity index (χ1) is 12.3. The van der Waals surface area contributed by atoms with Crippen molar-refractivity contribution in [3.63, 3.8) is 0 Å². The maximum Gasteiger partial charge on any atom is 0.407 e. The summed E-state index contributed by atoms with van der Waals surface area (Å²) in [5.74, 6) is 0.811. The molecule has 0 radical (unpaired) electrons. The van der Waals surface area contributed by atoms with Crippen LogP contribution in [0.15, 0.2) is 4.99 Å². The van der Waals surface area contributed by atoms with Gasteiger partial charge in [0.2, 0.25) is 0 Å². The summed E-state index contributed by atoms with van der Waals surface area (Å²) in [6.07, 6.45) is 6.62. The number of alkyl carbamates (subject to hydrolysis) is 1. The summed E-state index contributed by atoms with van der Waals surface area (Å²) < 4.78 is 10.5. The van der Waals surface area contributed by atoms with Gasteiger partial charge in [-0.25, -0.2) is 4.79 Å². The average molecular weight is 371 g/mol. The first-order valence-electron chi connectivity index (χ1n) is 9.70. The molecule has 0 unspecified atom stereocenters. The van der Waals surface area contributed by atoms with Gasteiger partial charge in [0.25, 0.3) is 0 Å². The number of carbonyl (C=O) groups excluding carboxylic acids is 1. The van der Waals surface area contributed by atoms with Crippen LogP contribution in [0.2, 0.25) is 0 Å². The normalized spacial score (nSPS) is 17.0. The lowest BCUT2D eigenvalue weighted by molar-refractivity contribution is 0.0527. The summed E-state index contributed by atoms with van der Waals surface area (Å²) >= 11 is 0. The Balaban J connectivity index is 2.23. The third kappa shape index (κ3) is 9.27. The number of hydrogen-bond donors (Lipinski definition) is 3. The Morgan fingerprint density at radius 1 is 1.12 bits per heavy atom. The number of nitrogens with zero attached hydrogens (tertiary/aromatic N) is 1. The molecule has 0 aromatic rings. The van der Waals surface area contributed by atoms with Gasteiger partial charge in [0.1, 0.15) is 5.60 Å². The summed E-state index contributed by atoms with van der Waals surface area (Å²) in [7, 11) is 3.55. The number of ether oxygens (including phenoxy) is 2. The first-order valence-corrected chi connectivity index (χ1v) is 9.70. The van der Waals surface area contributed by atoms with Gasteiger partial charge in [-0.2, -0.15) is 0 Å². The van der Waals surface area contributed by atoms with E-state index in [1.54, 1.807) is 14.2 Å². The summed E-state index contributed by atoms with van der Waals surface area (Å²) in [5.41, 5.74) is -0.140. The van der Waals surface area contributed by atoms with Crippen molar-refractivity contribution in [3.05, 3.63) is 0 Å². The molecule has 152 valence electrons. The Morgan fingerprint density at radius 2 is 1.77 bits per heavy atom. The molecule has 3 N–H and O–H groups in total. The van der Waals surface area contributed by atoms with Crippen LogP contribution in [0.5, 0.6) is 0 Å². The zero-order valence-corrected chi connectivity index (χ0v) is 17.2. The number of guanidine groups is 1. The molecule has 0 spiro atoms. The molecule has 0 aliphatic heterocycles. The molecule has 1 rings (SSSR count). The summed E-state index contributed by atoms with van der Waals surface area (Å²) in [6, 6.07) is 0. The molecule has 1 aliphatic carbocycles. The van der Waals surface area contributed by atoms with Gasteiger partial charge in [0.05, 0.1) is 0 Å². The predicted molar refractivity (Wildman–Crippen MR) is 106 cm³/mol. The molecular weight excluding hydrogens is 332 g/mol. The lowest BCUT2D eigenvalue weighted by Crippen LogP contribution is -2.44. The topological polar surface area (TPSA) is 84.0 Å². The third-order valence-electron chi connectivity index (χ3n) is 4.67. The highest BCUT2D eigenvalue weighted by Gasteiger charge is 2.33. The number of carbonyl (C=O) groups is 1. The van der Waals surface area contributed by atoms with E-state index in [0.717, 1.165) is 38.5 Å². The number of aliphatic imine (C=N–C) groups is 1. The van der Waals surface area contributed by atoms with Crippen molar-refractivity contribution in [2.45, 2.75) is 64.9 Å².